The van der Waals surface area contributed by atoms with E-state index in [4.69, 9.17) is 0 Å². The van der Waals surface area contributed by atoms with Gasteiger partial charge in [0, 0.05) is 0 Å². The van der Waals surface area contributed by atoms with Crippen LogP contribution < -0.4 is 28.1 Å². The maximum Gasteiger partial charge on any atom is -1.00 e. The van der Waals surface area contributed by atoms with Crippen LogP contribution in [0.1, 0.15) is 124 Å². The molecule has 1 fully saturated rings. The summed E-state index contributed by atoms with van der Waals surface area (Å²) < 4.78 is 5.23. The molecular weight excluding hydrogens is 751 g/mol. The smallest absolute Gasteiger partial charge is 1.00 e. The summed E-state index contributed by atoms with van der Waals surface area (Å²) in [5.41, 5.74) is 16.7. The third-order valence-corrected chi connectivity index (χ3v) is 20.0. The Kier molecular flexibility index (Phi) is 12.1. The molecule has 0 amide bonds. The molecule has 1 atom stereocenters. The first-order valence-electron chi connectivity index (χ1n) is 19.3. The van der Waals surface area contributed by atoms with Gasteiger partial charge in [-0.25, -0.2) is 0 Å². The average Bonchev–Trinajstić information content (AvgIpc) is 3.64. The summed E-state index contributed by atoms with van der Waals surface area (Å²) in [5, 5.41) is 0. The van der Waals surface area contributed by atoms with Crippen molar-refractivity contribution in [2.24, 2.45) is 11.3 Å². The summed E-state index contributed by atoms with van der Waals surface area (Å²) in [6.45, 7) is 24.5. The number of fused-ring (bicyclic) bond motifs is 3. The fourth-order valence-electron chi connectivity index (χ4n) is 9.31. The Bertz CT molecular complexity index is 2040. The summed E-state index contributed by atoms with van der Waals surface area (Å²) in [6.07, 6.45) is 13.3. The normalized spacial score (nSPS) is 17.4. The molecule has 4 aromatic rings. The molecule has 0 spiro atoms. The molecular formula is C49H58Cl2Zr. The minimum absolute atomic E-state index is 0. The Balaban J connectivity index is 0.00000261. The second kappa shape index (κ2) is 15.4. The van der Waals surface area contributed by atoms with Gasteiger partial charge in [-0.2, -0.15) is 0 Å². The Morgan fingerprint density at radius 1 is 0.692 bits per heavy atom. The van der Waals surface area contributed by atoms with E-state index in [9.17, 15) is 0 Å². The van der Waals surface area contributed by atoms with Crippen LogP contribution in [0, 0.1) is 11.3 Å². The number of allylic oxidation sites excluding steroid dienone is 4. The van der Waals surface area contributed by atoms with Crippen LogP contribution in [0.25, 0.3) is 33.4 Å². The molecule has 0 saturated heterocycles. The first kappa shape index (κ1) is 40.9. The standard InChI is InChI=1S/C33H33.C13H19.C3H6.2ClH.Zr/c1-32(2,3)30-20-26-24(18-28(30)22-13-9-7-10-14-22)17-25-19-29(23-15-11-8-12-16-23)31(21-27(25)26)33(4,5)6;1-11-6-7-12(10-11)13(2)8-4-3-5-9-13;1-3-2;;;/h7-16,18,20-21H,17H2,1-6H3;7,10-11H,3-5,8-9H2,1-2H3;1-2H3;2*1H;/q;;;;;+2/p-2. The number of rotatable bonds is 5. The van der Waals surface area contributed by atoms with Gasteiger partial charge in [0.05, 0.1) is 0 Å². The van der Waals surface area contributed by atoms with Gasteiger partial charge in [-0.05, 0) is 0 Å². The van der Waals surface area contributed by atoms with E-state index in [1.54, 1.807) is 26.5 Å². The van der Waals surface area contributed by atoms with Gasteiger partial charge in [0.2, 0.25) is 0 Å². The van der Waals surface area contributed by atoms with Gasteiger partial charge < -0.3 is 24.8 Å². The number of hydrogen-bond donors (Lipinski definition) is 0. The Hall–Kier alpha value is -2.31. The largest absolute Gasteiger partial charge is 1.00 e. The van der Waals surface area contributed by atoms with Crippen LogP contribution in [0.3, 0.4) is 0 Å². The Labute approximate surface area is 335 Å². The molecule has 3 aliphatic rings. The van der Waals surface area contributed by atoms with Crippen LogP contribution in [-0.4, -0.2) is 3.21 Å². The summed E-state index contributed by atoms with van der Waals surface area (Å²) in [7, 11) is 0. The third kappa shape index (κ3) is 7.51. The van der Waals surface area contributed by atoms with Crippen molar-refractivity contribution in [1.82, 2.24) is 0 Å². The van der Waals surface area contributed by atoms with Gasteiger partial charge in [-0.1, -0.05) is 0 Å². The number of hydrogen-bond acceptors (Lipinski definition) is 0. The van der Waals surface area contributed by atoms with Crippen molar-refractivity contribution in [2.75, 3.05) is 0 Å². The summed E-state index contributed by atoms with van der Waals surface area (Å²) in [5.74, 6) is 0.506. The molecule has 0 aromatic heterocycles. The van der Waals surface area contributed by atoms with E-state index in [2.05, 4.69) is 160 Å². The number of benzene rings is 4. The van der Waals surface area contributed by atoms with E-state index >= 15 is 0 Å². The molecule has 0 nitrogen and oxygen atoms in total. The minimum Gasteiger partial charge on any atom is -1.00 e. The second-order valence-corrected chi connectivity index (χ2v) is 25.1. The van der Waals surface area contributed by atoms with E-state index in [0.29, 0.717) is 11.3 Å². The minimum atomic E-state index is -2.62. The molecule has 3 heteroatoms. The topological polar surface area (TPSA) is 0 Å². The van der Waals surface area contributed by atoms with Crippen LogP contribution >= 0.6 is 0 Å². The van der Waals surface area contributed by atoms with Crippen LogP contribution in [0.2, 0.25) is 0 Å². The zero-order valence-corrected chi connectivity index (χ0v) is 37.2. The maximum absolute atomic E-state index is 2.76. The Morgan fingerprint density at radius 3 is 1.81 bits per heavy atom. The molecule has 0 aliphatic heterocycles. The van der Waals surface area contributed by atoms with Crippen molar-refractivity contribution in [1.29, 1.82) is 0 Å². The molecule has 0 bridgehead atoms. The molecule has 0 N–H and O–H groups in total. The fourth-order valence-corrected chi connectivity index (χ4v) is 17.3. The molecule has 4 aromatic carbocycles. The third-order valence-electron chi connectivity index (χ3n) is 12.0. The molecule has 3 aliphatic carbocycles. The average molecular weight is 809 g/mol. The summed E-state index contributed by atoms with van der Waals surface area (Å²) >= 11 is -2.62. The van der Waals surface area contributed by atoms with E-state index < -0.39 is 21.3 Å². The molecule has 272 valence electrons. The zero-order chi connectivity index (χ0) is 35.6. The van der Waals surface area contributed by atoms with Crippen molar-refractivity contribution in [3.63, 3.8) is 0 Å². The van der Waals surface area contributed by atoms with E-state index in [0.717, 1.165) is 6.42 Å². The van der Waals surface area contributed by atoms with E-state index in [-0.39, 0.29) is 35.6 Å². The predicted molar refractivity (Wildman–Crippen MR) is 215 cm³/mol. The summed E-state index contributed by atoms with van der Waals surface area (Å²) in [6, 6.07) is 30.4. The van der Waals surface area contributed by atoms with Crippen molar-refractivity contribution in [3.8, 4) is 33.4 Å². The van der Waals surface area contributed by atoms with Gasteiger partial charge >= 0.3 is 313 Å². The quantitative estimate of drug-likeness (QED) is 0.178. The second-order valence-electron chi connectivity index (χ2n) is 18.2. The van der Waals surface area contributed by atoms with Crippen molar-refractivity contribution in [2.45, 2.75) is 119 Å². The first-order valence-corrected chi connectivity index (χ1v) is 23.0. The number of halogens is 2. The molecule has 1 unspecified atom stereocenters. The van der Waals surface area contributed by atoms with Crippen LogP contribution in [0.5, 0.6) is 0 Å². The van der Waals surface area contributed by atoms with Gasteiger partial charge in [0.1, 0.15) is 0 Å². The molecule has 52 heavy (non-hydrogen) atoms. The van der Waals surface area contributed by atoms with Gasteiger partial charge in [0.25, 0.3) is 0 Å². The first-order chi connectivity index (χ1) is 23.7. The Morgan fingerprint density at radius 2 is 1.25 bits per heavy atom. The monoisotopic (exact) mass is 806 g/mol. The van der Waals surface area contributed by atoms with Gasteiger partial charge in [-0.3, -0.25) is 0 Å². The van der Waals surface area contributed by atoms with E-state index in [1.165, 1.54) is 76.6 Å². The van der Waals surface area contributed by atoms with Crippen molar-refractivity contribution < 1.29 is 46.1 Å². The van der Waals surface area contributed by atoms with Gasteiger partial charge in [-0.15, -0.1) is 0 Å². The van der Waals surface area contributed by atoms with Crippen LogP contribution in [0.15, 0.2) is 99.9 Å². The molecule has 7 rings (SSSR count). The maximum atomic E-state index is 2.76. The molecule has 0 heterocycles. The van der Waals surface area contributed by atoms with Gasteiger partial charge in [0.15, 0.2) is 0 Å². The van der Waals surface area contributed by atoms with Crippen molar-refractivity contribution >= 4 is 6.48 Å². The van der Waals surface area contributed by atoms with Crippen LogP contribution in [-0.2, 0) is 38.5 Å². The van der Waals surface area contributed by atoms with Crippen LogP contribution in [0.4, 0.5) is 0 Å². The SMILES string of the molecule is C[C](C)=[Zr+2]([C]1=CC(C2(C)CCCCC2)=CC1C)[c]1c2c(cc(C(C)(C)C)c1-c1ccccc1)-c1cc(C(C)(C)C)c(-c3ccccc3)cc1C2.[Cl-].[Cl-]. The van der Waals surface area contributed by atoms with E-state index in [1.807, 2.05) is 0 Å². The predicted octanol–water partition coefficient (Wildman–Crippen LogP) is 7.08. The molecule has 1 saturated carbocycles. The zero-order valence-electron chi connectivity index (χ0n) is 33.2. The molecule has 0 radical (unpaired) electrons. The van der Waals surface area contributed by atoms with Crippen molar-refractivity contribution in [3.05, 3.63) is 122 Å². The fraction of sp³-hybridized carbons (Fsp3) is 0.408. The summed E-state index contributed by atoms with van der Waals surface area (Å²) in [4.78, 5) is 0.